The maximum atomic E-state index is 14.4. The van der Waals surface area contributed by atoms with Crippen molar-refractivity contribution in [2.24, 2.45) is 22.9 Å². The number of aliphatic hydroxyl groups excluding tert-OH is 3. The van der Waals surface area contributed by atoms with Gasteiger partial charge in [0.25, 0.3) is 0 Å². The van der Waals surface area contributed by atoms with Crippen molar-refractivity contribution >= 4 is 11.8 Å². The van der Waals surface area contributed by atoms with Gasteiger partial charge in [0.05, 0.1) is 44.7 Å². The summed E-state index contributed by atoms with van der Waals surface area (Å²) in [5, 5.41) is 34.3. The van der Waals surface area contributed by atoms with Crippen molar-refractivity contribution < 1.29 is 48.6 Å². The van der Waals surface area contributed by atoms with E-state index in [2.05, 4.69) is 45.2 Å². The van der Waals surface area contributed by atoms with Crippen LogP contribution in [0.15, 0.2) is 78.5 Å². The number of amides is 1. The number of hydrogen-bond donors (Lipinski definition) is 3. The summed E-state index contributed by atoms with van der Waals surface area (Å²) in [7, 11) is 0. The highest BCUT2D eigenvalue weighted by Crippen LogP contribution is 2.62. The molecule has 6 unspecified atom stereocenters. The van der Waals surface area contributed by atoms with Crippen molar-refractivity contribution in [2.75, 3.05) is 52.8 Å². The highest BCUT2D eigenvalue weighted by atomic mass is 16.7. The number of benzene rings is 2. The average molecular weight is 833 g/mol. The highest BCUT2D eigenvalue weighted by molar-refractivity contribution is 6.03. The van der Waals surface area contributed by atoms with E-state index in [1.807, 2.05) is 45.0 Å². The fourth-order valence-corrected chi connectivity index (χ4v) is 8.83. The van der Waals surface area contributed by atoms with E-state index >= 15 is 0 Å². The van der Waals surface area contributed by atoms with Crippen LogP contribution in [0.1, 0.15) is 94.7 Å². The Morgan fingerprint density at radius 3 is 2.35 bits per heavy atom. The Morgan fingerprint density at radius 2 is 1.67 bits per heavy atom. The van der Waals surface area contributed by atoms with Gasteiger partial charge in [-0.15, -0.1) is 13.2 Å². The number of carbonyl (C=O) groups is 1. The monoisotopic (exact) mass is 832 g/mol. The molecule has 2 aliphatic carbocycles. The van der Waals surface area contributed by atoms with E-state index in [-0.39, 0.29) is 77.0 Å². The molecule has 0 bridgehead atoms. The third kappa shape index (κ3) is 11.4. The maximum Gasteiger partial charge on any atom is 0.410 e. The van der Waals surface area contributed by atoms with E-state index in [1.165, 1.54) is 5.56 Å². The molecule has 12 heteroatoms. The second kappa shape index (κ2) is 22.1. The number of carbonyl (C=O) groups excluding carboxylic acids is 1. The minimum atomic E-state index is -1.46. The van der Waals surface area contributed by atoms with Crippen LogP contribution in [0, 0.1) is 31.6 Å². The first kappa shape index (κ1) is 46.9. The molecule has 6 atom stereocenters. The van der Waals surface area contributed by atoms with Gasteiger partial charge in [0.1, 0.15) is 28.9 Å². The number of allylic oxidation sites excluding steroid dienone is 1. The number of aryl methyl sites for hydroxylation is 2. The molecule has 3 aliphatic rings. The number of hydrogen-bond acceptors (Lipinski definition) is 11. The molecule has 1 amide bonds. The molecule has 330 valence electrons. The first-order valence-electron chi connectivity index (χ1n) is 21.7. The van der Waals surface area contributed by atoms with Crippen molar-refractivity contribution in [3.63, 3.8) is 0 Å². The lowest BCUT2D eigenvalue weighted by Gasteiger charge is -2.59. The van der Waals surface area contributed by atoms with Crippen LogP contribution in [-0.4, -0.2) is 102 Å². The van der Waals surface area contributed by atoms with Crippen LogP contribution in [0.4, 0.5) is 4.79 Å². The van der Waals surface area contributed by atoms with E-state index in [0.29, 0.717) is 36.5 Å². The Balaban J connectivity index is 1.78. The van der Waals surface area contributed by atoms with Crippen molar-refractivity contribution in [3.8, 4) is 17.2 Å². The predicted molar refractivity (Wildman–Crippen MR) is 233 cm³/mol. The second-order valence-corrected chi connectivity index (χ2v) is 17.0. The largest absolute Gasteiger partial charge is 0.459 e. The fraction of sp³-hybridized carbons (Fsp3) is 0.583. The summed E-state index contributed by atoms with van der Waals surface area (Å²) in [6, 6.07) is 11.2. The number of ether oxygens (including phenoxy) is 5. The van der Waals surface area contributed by atoms with Gasteiger partial charge in [-0.1, -0.05) is 42.3 Å². The Morgan fingerprint density at radius 1 is 0.933 bits per heavy atom. The van der Waals surface area contributed by atoms with E-state index in [0.717, 1.165) is 48.1 Å². The molecule has 12 nitrogen and oxygen atoms in total. The minimum absolute atomic E-state index is 0.0413. The van der Waals surface area contributed by atoms with Gasteiger partial charge < -0.3 is 43.8 Å². The lowest BCUT2D eigenvalue weighted by molar-refractivity contribution is -0.256. The maximum absolute atomic E-state index is 14.4. The second-order valence-electron chi connectivity index (χ2n) is 17.0. The van der Waals surface area contributed by atoms with Gasteiger partial charge in [-0.05, 0) is 126 Å². The van der Waals surface area contributed by atoms with Crippen LogP contribution in [-0.2, 0) is 19.0 Å². The number of unbranched alkanes of at least 4 members (excludes halogenated alkanes) is 2. The quantitative estimate of drug-likeness (QED) is 0.0565. The molecule has 1 heterocycles. The first-order chi connectivity index (χ1) is 28.9. The molecule has 0 spiro atoms. The van der Waals surface area contributed by atoms with E-state index in [1.54, 1.807) is 17.1 Å². The van der Waals surface area contributed by atoms with Gasteiger partial charge >= 0.3 is 6.09 Å². The van der Waals surface area contributed by atoms with Crippen LogP contribution in [0.5, 0.6) is 17.2 Å². The average Bonchev–Trinajstić information content (AvgIpc) is 3.22. The summed E-state index contributed by atoms with van der Waals surface area (Å²) in [6.45, 7) is 18.4. The lowest BCUT2D eigenvalue weighted by Crippen LogP contribution is -2.70. The standard InChI is InChI=1S/C48H68N2O10/c1-8-10-26-56-46(54)50(21-27-55-28-24-53)43-32-41(49-60-47(5,6)7)39-30-35(15-11-13-22-51)38(16-12-14-23-52)44-40-31-37(58-36-18-17-33(3)34(4)29-36)19-20-42(40)59-48(43,45(39)44)57-25-9-2/h8-9,17-20,29-31,35,38,43-45,51-53H,1-2,10-16,21-28,32H2,3-7H3. The van der Waals surface area contributed by atoms with Gasteiger partial charge in [0, 0.05) is 37.7 Å². The fourth-order valence-electron chi connectivity index (χ4n) is 8.83. The highest BCUT2D eigenvalue weighted by Gasteiger charge is 2.65. The molecule has 1 aliphatic heterocycles. The first-order valence-corrected chi connectivity index (χ1v) is 21.7. The number of fused-ring (bicyclic) bond motifs is 2. The summed E-state index contributed by atoms with van der Waals surface area (Å²) < 4.78 is 32.5. The number of oxime groups is 1. The molecule has 1 saturated carbocycles. The molecule has 0 saturated heterocycles. The van der Waals surface area contributed by atoms with Crippen molar-refractivity contribution in [2.45, 2.75) is 109 Å². The van der Waals surface area contributed by atoms with E-state index < -0.39 is 29.4 Å². The van der Waals surface area contributed by atoms with Gasteiger partial charge in [0.2, 0.25) is 5.79 Å². The predicted octanol–water partition coefficient (Wildman–Crippen LogP) is 8.55. The normalized spacial score (nSPS) is 23.8. The Hall–Kier alpha value is -4.20. The van der Waals surface area contributed by atoms with Crippen molar-refractivity contribution in [3.05, 3.63) is 90.0 Å². The molecule has 60 heavy (non-hydrogen) atoms. The molecule has 0 aromatic heterocycles. The number of rotatable bonds is 23. The smallest absolute Gasteiger partial charge is 0.410 e. The lowest BCUT2D eigenvalue weighted by atomic mass is 9.55. The molecule has 0 radical (unpaired) electrons. The summed E-state index contributed by atoms with van der Waals surface area (Å²) in [6.07, 6.45) is 10.4. The van der Waals surface area contributed by atoms with Crippen LogP contribution < -0.4 is 9.47 Å². The third-order valence-corrected chi connectivity index (χ3v) is 11.7. The van der Waals surface area contributed by atoms with E-state index in [4.69, 9.17) is 33.7 Å². The van der Waals surface area contributed by atoms with Crippen LogP contribution >= 0.6 is 0 Å². The number of nitrogens with zero attached hydrogens (tertiary/aromatic N) is 2. The summed E-state index contributed by atoms with van der Waals surface area (Å²) in [5.74, 6) is -0.0823. The summed E-state index contributed by atoms with van der Waals surface area (Å²) in [5.41, 5.74) is 4.25. The zero-order valence-electron chi connectivity index (χ0n) is 36.4. The van der Waals surface area contributed by atoms with Gasteiger partial charge in [-0.3, -0.25) is 4.90 Å². The molecule has 1 fully saturated rings. The van der Waals surface area contributed by atoms with Gasteiger partial charge in [0.15, 0.2) is 0 Å². The topological polar surface area (TPSA) is 149 Å². The zero-order valence-corrected chi connectivity index (χ0v) is 36.4. The third-order valence-electron chi connectivity index (χ3n) is 11.7. The summed E-state index contributed by atoms with van der Waals surface area (Å²) in [4.78, 5) is 22.2. The van der Waals surface area contributed by atoms with Crippen LogP contribution in [0.3, 0.4) is 0 Å². The molecular weight excluding hydrogens is 765 g/mol. The Bertz CT molecular complexity index is 1800. The van der Waals surface area contributed by atoms with Gasteiger partial charge in [-0.25, -0.2) is 4.79 Å². The van der Waals surface area contributed by atoms with Crippen molar-refractivity contribution in [1.82, 2.24) is 4.90 Å². The SMILES string of the molecule is C=CCCOC(=O)N(CCOCCO)C1CC(=NOC(C)(C)C)C2=CC(CCCCO)C(CCCCO)C3c4cc(Oc5ccc(C)c(C)c5)ccc4OC1(OCC=C)C23. The molecular formula is C48H68N2O10. The molecule has 5 rings (SSSR count). The van der Waals surface area contributed by atoms with Gasteiger partial charge in [-0.2, -0.15) is 0 Å². The molecule has 3 N–H and O–H groups in total. The Labute approximate surface area is 356 Å². The van der Waals surface area contributed by atoms with Crippen molar-refractivity contribution in [1.29, 1.82) is 0 Å². The Kier molecular flexibility index (Phi) is 17.2. The minimum Gasteiger partial charge on any atom is -0.459 e. The number of aliphatic hydroxyl groups is 3. The molecule has 2 aromatic rings. The summed E-state index contributed by atoms with van der Waals surface area (Å²) >= 11 is 0. The zero-order chi connectivity index (χ0) is 43.3. The van der Waals surface area contributed by atoms with Crippen LogP contribution in [0.25, 0.3) is 0 Å². The van der Waals surface area contributed by atoms with E-state index in [9.17, 15) is 20.1 Å². The van der Waals surface area contributed by atoms with Crippen LogP contribution in [0.2, 0.25) is 0 Å². The molecule has 2 aromatic carbocycles.